The minimum Gasteiger partial charge on any atom is -0.487 e. The van der Waals surface area contributed by atoms with Crippen molar-refractivity contribution in [3.8, 4) is 5.75 Å². The van der Waals surface area contributed by atoms with Gasteiger partial charge >= 0.3 is 0 Å². The Bertz CT molecular complexity index is 505. The number of hydrogen-bond donors (Lipinski definition) is 1. The van der Waals surface area contributed by atoms with Crippen molar-refractivity contribution < 1.29 is 4.74 Å². The van der Waals surface area contributed by atoms with Crippen molar-refractivity contribution >= 4 is 0 Å². The van der Waals surface area contributed by atoms with E-state index in [0.29, 0.717) is 19.2 Å². The van der Waals surface area contributed by atoms with Crippen molar-refractivity contribution in [1.29, 1.82) is 0 Å². The van der Waals surface area contributed by atoms with Crippen LogP contribution in [0.15, 0.2) is 36.8 Å². The summed E-state index contributed by atoms with van der Waals surface area (Å²) in [5.74, 6) is 0.842. The molecular formula is C14H19N3O. The number of rotatable bonds is 5. The van der Waals surface area contributed by atoms with Crippen molar-refractivity contribution in [1.82, 2.24) is 9.55 Å². The van der Waals surface area contributed by atoms with Crippen LogP contribution >= 0.6 is 0 Å². The molecule has 1 heterocycles. The maximum absolute atomic E-state index is 5.77. The molecular weight excluding hydrogens is 226 g/mol. The first-order valence-corrected chi connectivity index (χ1v) is 6.13. The van der Waals surface area contributed by atoms with Crippen LogP contribution in [0.1, 0.15) is 31.1 Å². The van der Waals surface area contributed by atoms with Gasteiger partial charge in [-0.1, -0.05) is 12.1 Å². The van der Waals surface area contributed by atoms with E-state index in [-0.39, 0.29) is 0 Å². The molecule has 0 fully saturated rings. The molecule has 2 N–H and O–H groups in total. The fourth-order valence-corrected chi connectivity index (χ4v) is 1.83. The lowest BCUT2D eigenvalue weighted by molar-refractivity contribution is 0.292. The highest BCUT2D eigenvalue weighted by Gasteiger charge is 2.06. The van der Waals surface area contributed by atoms with Crippen molar-refractivity contribution in [3.63, 3.8) is 0 Å². The van der Waals surface area contributed by atoms with Gasteiger partial charge in [0.15, 0.2) is 0 Å². The van der Waals surface area contributed by atoms with Gasteiger partial charge in [-0.05, 0) is 31.5 Å². The number of aromatic nitrogens is 2. The van der Waals surface area contributed by atoms with Gasteiger partial charge in [0.05, 0.1) is 18.2 Å². The van der Waals surface area contributed by atoms with Crippen molar-refractivity contribution in [2.75, 3.05) is 0 Å². The maximum atomic E-state index is 5.77. The molecule has 4 nitrogen and oxygen atoms in total. The predicted molar refractivity (Wildman–Crippen MR) is 71.3 cm³/mol. The van der Waals surface area contributed by atoms with Gasteiger partial charge in [-0.25, -0.2) is 4.98 Å². The molecule has 0 aliphatic rings. The summed E-state index contributed by atoms with van der Waals surface area (Å²) < 4.78 is 7.87. The summed E-state index contributed by atoms with van der Waals surface area (Å²) in [4.78, 5) is 4.15. The third-order valence-corrected chi connectivity index (χ3v) is 2.82. The molecule has 0 spiro atoms. The molecule has 2 rings (SSSR count). The van der Waals surface area contributed by atoms with Crippen LogP contribution < -0.4 is 10.5 Å². The summed E-state index contributed by atoms with van der Waals surface area (Å²) >= 11 is 0. The Labute approximate surface area is 107 Å². The number of imidazole rings is 1. The molecule has 1 aromatic heterocycles. The van der Waals surface area contributed by atoms with Crippen molar-refractivity contribution in [2.45, 2.75) is 33.0 Å². The number of nitrogens with zero attached hydrogens (tertiary/aromatic N) is 2. The molecule has 0 saturated carbocycles. The minimum absolute atomic E-state index is 0.390. The summed E-state index contributed by atoms with van der Waals surface area (Å²) in [6.45, 7) is 5.30. The zero-order chi connectivity index (χ0) is 13.0. The van der Waals surface area contributed by atoms with Gasteiger partial charge in [-0.15, -0.1) is 0 Å². The van der Waals surface area contributed by atoms with E-state index in [0.717, 1.165) is 17.0 Å². The molecule has 0 radical (unpaired) electrons. The molecule has 0 amide bonds. The van der Waals surface area contributed by atoms with Gasteiger partial charge < -0.3 is 15.0 Å². The van der Waals surface area contributed by atoms with E-state index < -0.39 is 0 Å². The van der Waals surface area contributed by atoms with Gasteiger partial charge in [0.2, 0.25) is 0 Å². The highest BCUT2D eigenvalue weighted by molar-refractivity contribution is 5.28. The molecule has 1 aromatic carbocycles. The monoisotopic (exact) mass is 245 g/mol. The summed E-state index contributed by atoms with van der Waals surface area (Å²) in [6.07, 6.45) is 3.67. The van der Waals surface area contributed by atoms with Crippen molar-refractivity contribution in [2.24, 2.45) is 5.73 Å². The van der Waals surface area contributed by atoms with Crippen LogP contribution in [0.5, 0.6) is 5.75 Å². The smallest absolute Gasteiger partial charge is 0.130 e. The van der Waals surface area contributed by atoms with Crippen LogP contribution in [-0.4, -0.2) is 9.55 Å². The van der Waals surface area contributed by atoms with E-state index in [1.807, 2.05) is 36.8 Å². The molecule has 0 unspecified atom stereocenters. The number of ether oxygens (including phenoxy) is 1. The SMILES string of the molecule is CC(C)n1cncc1COc1cccc(CN)c1. The van der Waals surface area contributed by atoms with Crippen LogP contribution in [0.4, 0.5) is 0 Å². The van der Waals surface area contributed by atoms with E-state index in [1.165, 1.54) is 0 Å². The maximum Gasteiger partial charge on any atom is 0.130 e. The topological polar surface area (TPSA) is 53.1 Å². The second kappa shape index (κ2) is 5.69. The Hall–Kier alpha value is -1.81. The van der Waals surface area contributed by atoms with E-state index in [4.69, 9.17) is 10.5 Å². The molecule has 18 heavy (non-hydrogen) atoms. The first-order chi connectivity index (χ1) is 8.70. The lowest BCUT2D eigenvalue weighted by atomic mass is 10.2. The second-order valence-electron chi connectivity index (χ2n) is 4.53. The molecule has 0 aliphatic carbocycles. The summed E-state index contributed by atoms with van der Waals surface area (Å²) in [7, 11) is 0. The molecule has 0 atom stereocenters. The van der Waals surface area contributed by atoms with Crippen LogP contribution in [0, 0.1) is 0 Å². The van der Waals surface area contributed by atoms with Crippen LogP contribution in [0.25, 0.3) is 0 Å². The summed E-state index contributed by atoms with van der Waals surface area (Å²) in [5.41, 5.74) is 7.75. The minimum atomic E-state index is 0.390. The third-order valence-electron chi connectivity index (χ3n) is 2.82. The molecule has 0 aliphatic heterocycles. The first-order valence-electron chi connectivity index (χ1n) is 6.13. The quantitative estimate of drug-likeness (QED) is 0.880. The number of benzene rings is 1. The van der Waals surface area contributed by atoms with E-state index >= 15 is 0 Å². The van der Waals surface area contributed by atoms with Crippen molar-refractivity contribution in [3.05, 3.63) is 48.0 Å². The fraction of sp³-hybridized carbons (Fsp3) is 0.357. The Morgan fingerprint density at radius 1 is 1.39 bits per heavy atom. The standard InChI is InChI=1S/C14H19N3O/c1-11(2)17-10-16-8-13(17)9-18-14-5-3-4-12(6-14)7-15/h3-6,8,10-11H,7,9,15H2,1-2H3. The van der Waals surface area contributed by atoms with Gasteiger partial charge in [0, 0.05) is 12.6 Å². The molecule has 0 saturated heterocycles. The average Bonchev–Trinajstić information content (AvgIpc) is 2.85. The lowest BCUT2D eigenvalue weighted by Crippen LogP contribution is -2.07. The Balaban J connectivity index is 2.04. The van der Waals surface area contributed by atoms with Gasteiger partial charge in [0.25, 0.3) is 0 Å². The van der Waals surface area contributed by atoms with Gasteiger partial charge in [0.1, 0.15) is 12.4 Å². The van der Waals surface area contributed by atoms with E-state index in [2.05, 4.69) is 23.4 Å². The Morgan fingerprint density at radius 3 is 2.94 bits per heavy atom. The molecule has 0 bridgehead atoms. The number of hydrogen-bond acceptors (Lipinski definition) is 3. The molecule has 96 valence electrons. The highest BCUT2D eigenvalue weighted by Crippen LogP contribution is 2.16. The second-order valence-corrected chi connectivity index (χ2v) is 4.53. The lowest BCUT2D eigenvalue weighted by Gasteiger charge is -2.12. The third kappa shape index (κ3) is 2.90. The largest absolute Gasteiger partial charge is 0.487 e. The summed E-state index contributed by atoms with van der Waals surface area (Å²) in [6, 6.07) is 8.25. The molecule has 4 heteroatoms. The van der Waals surface area contributed by atoms with Gasteiger partial charge in [-0.3, -0.25) is 0 Å². The van der Waals surface area contributed by atoms with Crippen LogP contribution in [0.2, 0.25) is 0 Å². The molecule has 2 aromatic rings. The fourth-order valence-electron chi connectivity index (χ4n) is 1.83. The predicted octanol–water partition coefficient (Wildman–Crippen LogP) is 2.50. The Kier molecular flexibility index (Phi) is 3.99. The summed E-state index contributed by atoms with van der Waals surface area (Å²) in [5, 5.41) is 0. The van der Waals surface area contributed by atoms with Crippen LogP contribution in [0.3, 0.4) is 0 Å². The number of nitrogens with two attached hydrogens (primary N) is 1. The Morgan fingerprint density at radius 2 is 2.22 bits per heavy atom. The normalized spacial score (nSPS) is 10.9. The zero-order valence-corrected chi connectivity index (χ0v) is 10.8. The first kappa shape index (κ1) is 12.6. The average molecular weight is 245 g/mol. The van der Waals surface area contributed by atoms with E-state index in [1.54, 1.807) is 0 Å². The zero-order valence-electron chi connectivity index (χ0n) is 10.8. The van der Waals surface area contributed by atoms with E-state index in [9.17, 15) is 0 Å². The van der Waals surface area contributed by atoms with Gasteiger partial charge in [-0.2, -0.15) is 0 Å². The van der Waals surface area contributed by atoms with Crippen LogP contribution in [-0.2, 0) is 13.2 Å². The highest BCUT2D eigenvalue weighted by atomic mass is 16.5.